The van der Waals surface area contributed by atoms with Gasteiger partial charge in [-0.15, -0.1) is 0 Å². The summed E-state index contributed by atoms with van der Waals surface area (Å²) in [6.07, 6.45) is 1.96. The minimum atomic E-state index is -0.0982. The second-order valence-electron chi connectivity index (χ2n) is 5.93. The van der Waals surface area contributed by atoms with Crippen molar-refractivity contribution in [3.05, 3.63) is 29.3 Å². The van der Waals surface area contributed by atoms with E-state index in [0.29, 0.717) is 11.7 Å². The molecule has 2 unspecified atom stereocenters. The standard InChI is InChI=1S/C15H18O2/c1-9(16)12-7-13(12)11-6-4-5-10-8-15(2,3)17-14(10)11/h4-6,12-13H,7-8H2,1-3H3. The van der Waals surface area contributed by atoms with Crippen molar-refractivity contribution in [2.24, 2.45) is 5.92 Å². The molecule has 0 aromatic heterocycles. The van der Waals surface area contributed by atoms with Crippen LogP contribution in [0.4, 0.5) is 0 Å². The van der Waals surface area contributed by atoms with Crippen LogP contribution in [0.25, 0.3) is 0 Å². The molecule has 2 aliphatic rings. The van der Waals surface area contributed by atoms with Crippen LogP contribution < -0.4 is 4.74 Å². The van der Waals surface area contributed by atoms with Crippen molar-refractivity contribution in [1.82, 2.24) is 0 Å². The Balaban J connectivity index is 1.94. The van der Waals surface area contributed by atoms with Gasteiger partial charge in [0, 0.05) is 12.3 Å². The zero-order chi connectivity index (χ0) is 12.2. The number of carbonyl (C=O) groups is 1. The number of rotatable bonds is 2. The SMILES string of the molecule is CC(=O)C1CC1c1cccc2c1OC(C)(C)C2. The van der Waals surface area contributed by atoms with Crippen LogP contribution in [0.2, 0.25) is 0 Å². The van der Waals surface area contributed by atoms with Crippen LogP contribution in [0.3, 0.4) is 0 Å². The van der Waals surface area contributed by atoms with Gasteiger partial charge in [0.25, 0.3) is 0 Å². The molecule has 17 heavy (non-hydrogen) atoms. The molecule has 2 heteroatoms. The highest BCUT2D eigenvalue weighted by atomic mass is 16.5. The van der Waals surface area contributed by atoms with Crippen molar-refractivity contribution in [1.29, 1.82) is 0 Å². The zero-order valence-electron chi connectivity index (χ0n) is 10.6. The molecule has 3 rings (SSSR count). The Bertz CT molecular complexity index is 488. The Morgan fingerprint density at radius 1 is 1.41 bits per heavy atom. The van der Waals surface area contributed by atoms with Gasteiger partial charge in [0.15, 0.2) is 0 Å². The average Bonchev–Trinajstić information content (AvgIpc) is 2.94. The summed E-state index contributed by atoms with van der Waals surface area (Å²) in [4.78, 5) is 11.4. The Morgan fingerprint density at radius 2 is 2.18 bits per heavy atom. The molecular weight excluding hydrogens is 212 g/mol. The fourth-order valence-corrected chi connectivity index (χ4v) is 2.92. The minimum Gasteiger partial charge on any atom is -0.487 e. The topological polar surface area (TPSA) is 26.3 Å². The normalized spacial score (nSPS) is 28.4. The van der Waals surface area contributed by atoms with Crippen molar-refractivity contribution in [2.45, 2.75) is 45.1 Å². The first-order chi connectivity index (χ1) is 7.98. The molecule has 1 aliphatic carbocycles. The molecular formula is C15H18O2. The van der Waals surface area contributed by atoms with E-state index in [0.717, 1.165) is 18.6 Å². The minimum absolute atomic E-state index is 0.0982. The summed E-state index contributed by atoms with van der Waals surface area (Å²) in [5.74, 6) is 1.99. The van der Waals surface area contributed by atoms with Crippen molar-refractivity contribution in [3.8, 4) is 5.75 Å². The van der Waals surface area contributed by atoms with Gasteiger partial charge >= 0.3 is 0 Å². The maximum Gasteiger partial charge on any atom is 0.133 e. The van der Waals surface area contributed by atoms with Crippen molar-refractivity contribution < 1.29 is 9.53 Å². The number of fused-ring (bicyclic) bond motifs is 1. The predicted molar refractivity (Wildman–Crippen MR) is 66.4 cm³/mol. The second kappa shape index (κ2) is 3.34. The van der Waals surface area contributed by atoms with E-state index in [1.54, 1.807) is 6.92 Å². The number of hydrogen-bond donors (Lipinski definition) is 0. The summed E-state index contributed by atoms with van der Waals surface area (Å²) < 4.78 is 6.04. The predicted octanol–water partition coefficient (Wildman–Crippen LogP) is 3.09. The van der Waals surface area contributed by atoms with Crippen LogP contribution in [0, 0.1) is 5.92 Å². The molecule has 90 valence electrons. The van der Waals surface area contributed by atoms with Gasteiger partial charge in [-0.25, -0.2) is 0 Å². The van der Waals surface area contributed by atoms with Crippen LogP contribution in [-0.4, -0.2) is 11.4 Å². The molecule has 2 nitrogen and oxygen atoms in total. The molecule has 0 bridgehead atoms. The van der Waals surface area contributed by atoms with Gasteiger partial charge < -0.3 is 4.74 Å². The molecule has 0 radical (unpaired) electrons. The number of Topliss-reactive ketones (excluding diaryl/α,β-unsaturated/α-hetero) is 1. The molecule has 1 aromatic carbocycles. The van der Waals surface area contributed by atoms with E-state index >= 15 is 0 Å². The molecule has 0 amide bonds. The molecule has 1 aliphatic heterocycles. The molecule has 1 fully saturated rings. The van der Waals surface area contributed by atoms with Gasteiger partial charge in [0.2, 0.25) is 0 Å². The van der Waals surface area contributed by atoms with E-state index in [-0.39, 0.29) is 11.5 Å². The molecule has 0 saturated heterocycles. The van der Waals surface area contributed by atoms with Crippen LogP contribution in [0.15, 0.2) is 18.2 Å². The molecule has 0 N–H and O–H groups in total. The average molecular weight is 230 g/mol. The highest BCUT2D eigenvalue weighted by Crippen LogP contribution is 2.53. The van der Waals surface area contributed by atoms with Crippen molar-refractivity contribution >= 4 is 5.78 Å². The monoisotopic (exact) mass is 230 g/mol. The lowest BCUT2D eigenvalue weighted by Crippen LogP contribution is -2.24. The van der Waals surface area contributed by atoms with Crippen LogP contribution in [0.1, 0.15) is 44.2 Å². The third kappa shape index (κ3) is 1.76. The summed E-state index contributed by atoms with van der Waals surface area (Å²) in [6.45, 7) is 5.93. The Hall–Kier alpha value is -1.31. The first-order valence-corrected chi connectivity index (χ1v) is 6.29. The molecule has 2 atom stereocenters. The summed E-state index contributed by atoms with van der Waals surface area (Å²) in [7, 11) is 0. The maximum absolute atomic E-state index is 11.4. The number of hydrogen-bond acceptors (Lipinski definition) is 2. The molecule has 1 heterocycles. The first kappa shape index (κ1) is 10.8. The van der Waals surface area contributed by atoms with Crippen LogP contribution >= 0.6 is 0 Å². The lowest BCUT2D eigenvalue weighted by Gasteiger charge is -2.18. The lowest BCUT2D eigenvalue weighted by molar-refractivity contribution is -0.118. The fourth-order valence-electron chi connectivity index (χ4n) is 2.92. The number of para-hydroxylation sites is 1. The van der Waals surface area contributed by atoms with E-state index in [2.05, 4.69) is 32.0 Å². The van der Waals surface area contributed by atoms with Gasteiger partial charge in [-0.05, 0) is 44.2 Å². The van der Waals surface area contributed by atoms with E-state index in [1.165, 1.54) is 11.1 Å². The molecule has 0 spiro atoms. The van der Waals surface area contributed by atoms with Crippen LogP contribution in [-0.2, 0) is 11.2 Å². The third-order valence-electron chi connectivity index (χ3n) is 3.83. The van der Waals surface area contributed by atoms with Gasteiger partial charge in [-0.2, -0.15) is 0 Å². The van der Waals surface area contributed by atoms with Gasteiger partial charge in [-0.3, -0.25) is 4.79 Å². The lowest BCUT2D eigenvalue weighted by atomic mass is 9.98. The third-order valence-corrected chi connectivity index (χ3v) is 3.83. The number of benzene rings is 1. The highest BCUT2D eigenvalue weighted by molar-refractivity contribution is 5.83. The molecule has 1 saturated carbocycles. The Kier molecular flexibility index (Phi) is 2.13. The van der Waals surface area contributed by atoms with E-state index in [1.807, 2.05) is 0 Å². The first-order valence-electron chi connectivity index (χ1n) is 6.29. The van der Waals surface area contributed by atoms with E-state index < -0.39 is 0 Å². The van der Waals surface area contributed by atoms with E-state index in [9.17, 15) is 4.79 Å². The second-order valence-corrected chi connectivity index (χ2v) is 5.93. The van der Waals surface area contributed by atoms with Gasteiger partial charge in [0.05, 0.1) is 0 Å². The fraction of sp³-hybridized carbons (Fsp3) is 0.533. The summed E-state index contributed by atoms with van der Waals surface area (Å²) in [5.41, 5.74) is 2.44. The highest BCUT2D eigenvalue weighted by Gasteiger charge is 2.45. The number of carbonyl (C=O) groups excluding carboxylic acids is 1. The smallest absolute Gasteiger partial charge is 0.133 e. The van der Waals surface area contributed by atoms with E-state index in [4.69, 9.17) is 4.74 Å². The summed E-state index contributed by atoms with van der Waals surface area (Å²) in [6, 6.07) is 6.35. The summed E-state index contributed by atoms with van der Waals surface area (Å²) >= 11 is 0. The summed E-state index contributed by atoms with van der Waals surface area (Å²) in [5, 5.41) is 0. The van der Waals surface area contributed by atoms with Gasteiger partial charge in [0.1, 0.15) is 17.1 Å². The van der Waals surface area contributed by atoms with Crippen molar-refractivity contribution in [3.63, 3.8) is 0 Å². The maximum atomic E-state index is 11.4. The number of ether oxygens (including phenoxy) is 1. The van der Waals surface area contributed by atoms with Crippen molar-refractivity contribution in [2.75, 3.05) is 0 Å². The molecule has 1 aromatic rings. The number of ketones is 1. The zero-order valence-corrected chi connectivity index (χ0v) is 10.6. The van der Waals surface area contributed by atoms with Crippen LogP contribution in [0.5, 0.6) is 5.75 Å². The Labute approximate surface area is 102 Å². The Morgan fingerprint density at radius 3 is 2.82 bits per heavy atom. The largest absolute Gasteiger partial charge is 0.487 e. The van der Waals surface area contributed by atoms with Gasteiger partial charge in [-0.1, -0.05) is 18.2 Å². The quantitative estimate of drug-likeness (QED) is 0.780.